The standard InChI is InChI=1S/C16H21F3N2O3/c1-15(2,3)24-14(22)21-8-5-11(6-9-21)23-13-10-20-7-4-12(13)16(17,18)19/h4,7,10-11H,5-6,8-9H2,1-3H3. The fourth-order valence-corrected chi connectivity index (χ4v) is 2.37. The molecule has 8 heteroatoms. The minimum atomic E-state index is -4.49. The molecule has 1 aromatic rings. The van der Waals surface area contributed by atoms with Gasteiger partial charge in [0, 0.05) is 32.1 Å². The summed E-state index contributed by atoms with van der Waals surface area (Å²) < 4.78 is 49.6. The van der Waals surface area contributed by atoms with Gasteiger partial charge in [0.15, 0.2) is 0 Å². The Bertz CT molecular complexity index is 577. The zero-order valence-corrected chi connectivity index (χ0v) is 13.9. The Morgan fingerprint density at radius 1 is 1.25 bits per heavy atom. The van der Waals surface area contributed by atoms with Crippen molar-refractivity contribution in [2.75, 3.05) is 13.1 Å². The number of carbonyl (C=O) groups excluding carboxylic acids is 1. The maximum absolute atomic E-state index is 13.0. The molecule has 1 saturated heterocycles. The molecule has 1 aliphatic heterocycles. The summed E-state index contributed by atoms with van der Waals surface area (Å²) in [6.07, 6.45) is -2.27. The van der Waals surface area contributed by atoms with Crippen molar-refractivity contribution in [2.24, 2.45) is 0 Å². The summed E-state index contributed by atoms with van der Waals surface area (Å²) in [5, 5.41) is 0. The maximum atomic E-state index is 13.0. The Balaban J connectivity index is 1.94. The van der Waals surface area contributed by atoms with E-state index in [1.54, 1.807) is 25.7 Å². The SMILES string of the molecule is CC(C)(C)OC(=O)N1CCC(Oc2cnccc2C(F)(F)F)CC1. The Labute approximate surface area is 138 Å². The predicted octanol–water partition coefficient (Wildman–Crippen LogP) is 3.88. The lowest BCUT2D eigenvalue weighted by molar-refractivity contribution is -0.139. The van der Waals surface area contributed by atoms with Crippen LogP contribution in [0.25, 0.3) is 0 Å². The molecule has 2 rings (SSSR count). The molecule has 0 atom stereocenters. The van der Waals surface area contributed by atoms with E-state index in [0.717, 1.165) is 18.5 Å². The smallest absolute Gasteiger partial charge is 0.420 e. The predicted molar refractivity (Wildman–Crippen MR) is 80.7 cm³/mol. The minimum Gasteiger partial charge on any atom is -0.488 e. The van der Waals surface area contributed by atoms with E-state index in [2.05, 4.69) is 4.98 Å². The molecule has 0 aromatic carbocycles. The Morgan fingerprint density at radius 2 is 1.88 bits per heavy atom. The van der Waals surface area contributed by atoms with Gasteiger partial charge in [-0.1, -0.05) is 0 Å². The van der Waals surface area contributed by atoms with Gasteiger partial charge in [0.05, 0.1) is 6.20 Å². The van der Waals surface area contributed by atoms with Crippen LogP contribution >= 0.6 is 0 Å². The van der Waals surface area contributed by atoms with E-state index < -0.39 is 29.5 Å². The second kappa shape index (κ2) is 6.86. The van der Waals surface area contributed by atoms with E-state index in [0.29, 0.717) is 25.9 Å². The second-order valence-corrected chi connectivity index (χ2v) is 6.65. The average Bonchev–Trinajstić information content (AvgIpc) is 2.45. The van der Waals surface area contributed by atoms with Crippen LogP contribution in [0.1, 0.15) is 39.2 Å². The molecule has 0 N–H and O–H groups in total. The summed E-state index contributed by atoms with van der Waals surface area (Å²) in [6.45, 7) is 6.09. The summed E-state index contributed by atoms with van der Waals surface area (Å²) in [5.74, 6) is -0.277. The molecule has 0 radical (unpaired) electrons. The van der Waals surface area contributed by atoms with Gasteiger partial charge < -0.3 is 14.4 Å². The molecule has 0 bridgehead atoms. The highest BCUT2D eigenvalue weighted by Gasteiger charge is 2.35. The van der Waals surface area contributed by atoms with E-state index in [1.807, 2.05) is 0 Å². The average molecular weight is 346 g/mol. The van der Waals surface area contributed by atoms with Crippen molar-refractivity contribution < 1.29 is 27.4 Å². The van der Waals surface area contributed by atoms with Crippen molar-refractivity contribution in [3.8, 4) is 5.75 Å². The molecule has 2 heterocycles. The molecule has 1 aromatic heterocycles. The number of pyridine rings is 1. The molecule has 0 unspecified atom stereocenters. The number of likely N-dealkylation sites (tertiary alicyclic amines) is 1. The second-order valence-electron chi connectivity index (χ2n) is 6.65. The molecule has 24 heavy (non-hydrogen) atoms. The number of halogens is 3. The fourth-order valence-electron chi connectivity index (χ4n) is 2.37. The van der Waals surface area contributed by atoms with Crippen molar-refractivity contribution in [3.05, 3.63) is 24.0 Å². The molecule has 0 spiro atoms. The number of hydrogen-bond donors (Lipinski definition) is 0. The summed E-state index contributed by atoms with van der Waals surface area (Å²) in [6, 6.07) is 0.894. The van der Waals surface area contributed by atoms with Crippen LogP contribution in [0.2, 0.25) is 0 Å². The normalized spacial score (nSPS) is 16.8. The number of rotatable bonds is 2. The van der Waals surface area contributed by atoms with Crippen LogP contribution in [0, 0.1) is 0 Å². The van der Waals surface area contributed by atoms with Gasteiger partial charge >= 0.3 is 12.3 Å². The topological polar surface area (TPSA) is 51.7 Å². The van der Waals surface area contributed by atoms with Gasteiger partial charge in [0.2, 0.25) is 0 Å². The van der Waals surface area contributed by atoms with Crippen LogP contribution in [0.4, 0.5) is 18.0 Å². The van der Waals surface area contributed by atoms with Crippen molar-refractivity contribution >= 4 is 6.09 Å². The fraction of sp³-hybridized carbons (Fsp3) is 0.625. The highest BCUT2D eigenvalue weighted by Crippen LogP contribution is 2.36. The van der Waals surface area contributed by atoms with Crippen LogP contribution in [-0.4, -0.2) is 40.8 Å². The van der Waals surface area contributed by atoms with Crippen LogP contribution in [0.3, 0.4) is 0 Å². The lowest BCUT2D eigenvalue weighted by Gasteiger charge is -2.33. The van der Waals surface area contributed by atoms with Crippen LogP contribution in [-0.2, 0) is 10.9 Å². The van der Waals surface area contributed by atoms with Gasteiger partial charge in [-0.2, -0.15) is 13.2 Å². The third-order valence-corrected chi connectivity index (χ3v) is 3.48. The van der Waals surface area contributed by atoms with Gasteiger partial charge in [-0.25, -0.2) is 4.79 Å². The zero-order valence-electron chi connectivity index (χ0n) is 13.9. The first-order valence-corrected chi connectivity index (χ1v) is 7.72. The first-order chi connectivity index (χ1) is 11.1. The Morgan fingerprint density at radius 3 is 2.42 bits per heavy atom. The van der Waals surface area contributed by atoms with Crippen molar-refractivity contribution in [1.82, 2.24) is 9.88 Å². The largest absolute Gasteiger partial charge is 0.488 e. The molecule has 5 nitrogen and oxygen atoms in total. The number of piperidine rings is 1. The molecule has 134 valence electrons. The summed E-state index contributed by atoms with van der Waals surface area (Å²) >= 11 is 0. The number of aromatic nitrogens is 1. The van der Waals surface area contributed by atoms with E-state index in [9.17, 15) is 18.0 Å². The molecule has 1 amide bonds. The molecular formula is C16H21F3N2O3. The number of alkyl halides is 3. The Hall–Kier alpha value is -1.99. The third kappa shape index (κ3) is 5.01. The highest BCUT2D eigenvalue weighted by atomic mass is 19.4. The van der Waals surface area contributed by atoms with E-state index in [-0.39, 0.29) is 5.75 Å². The van der Waals surface area contributed by atoms with E-state index >= 15 is 0 Å². The van der Waals surface area contributed by atoms with Crippen LogP contribution < -0.4 is 4.74 Å². The molecule has 1 aliphatic rings. The maximum Gasteiger partial charge on any atom is 0.420 e. The lowest BCUT2D eigenvalue weighted by Crippen LogP contribution is -2.44. The van der Waals surface area contributed by atoms with Gasteiger partial charge in [0.25, 0.3) is 0 Å². The Kier molecular flexibility index (Phi) is 5.25. The third-order valence-electron chi connectivity index (χ3n) is 3.48. The summed E-state index contributed by atoms with van der Waals surface area (Å²) in [5.41, 5.74) is -1.42. The summed E-state index contributed by atoms with van der Waals surface area (Å²) in [4.78, 5) is 17.2. The highest BCUT2D eigenvalue weighted by molar-refractivity contribution is 5.68. The number of carbonyl (C=O) groups is 1. The molecular weight excluding hydrogens is 325 g/mol. The molecule has 0 aliphatic carbocycles. The van der Waals surface area contributed by atoms with Crippen LogP contribution in [0.5, 0.6) is 5.75 Å². The van der Waals surface area contributed by atoms with Crippen molar-refractivity contribution in [2.45, 2.75) is 51.5 Å². The first-order valence-electron chi connectivity index (χ1n) is 7.72. The van der Waals surface area contributed by atoms with Crippen LogP contribution in [0.15, 0.2) is 18.5 Å². The zero-order chi connectivity index (χ0) is 18.0. The first kappa shape index (κ1) is 18.4. The number of amides is 1. The van der Waals surface area contributed by atoms with Crippen molar-refractivity contribution in [3.63, 3.8) is 0 Å². The lowest BCUT2D eigenvalue weighted by atomic mass is 10.1. The van der Waals surface area contributed by atoms with Gasteiger partial charge in [-0.3, -0.25) is 4.98 Å². The minimum absolute atomic E-state index is 0.277. The quantitative estimate of drug-likeness (QED) is 0.815. The molecule has 1 fully saturated rings. The van der Waals surface area contributed by atoms with Gasteiger partial charge in [0.1, 0.15) is 23.0 Å². The summed E-state index contributed by atoms with van der Waals surface area (Å²) in [7, 11) is 0. The van der Waals surface area contributed by atoms with Gasteiger partial charge in [-0.15, -0.1) is 0 Å². The van der Waals surface area contributed by atoms with E-state index in [4.69, 9.17) is 9.47 Å². The van der Waals surface area contributed by atoms with Gasteiger partial charge in [-0.05, 0) is 26.8 Å². The number of hydrogen-bond acceptors (Lipinski definition) is 4. The van der Waals surface area contributed by atoms with E-state index in [1.165, 1.54) is 0 Å². The van der Waals surface area contributed by atoms with Crippen molar-refractivity contribution in [1.29, 1.82) is 0 Å². The number of ether oxygens (including phenoxy) is 2. The monoisotopic (exact) mass is 346 g/mol. The number of nitrogens with zero attached hydrogens (tertiary/aromatic N) is 2. The molecule has 0 saturated carbocycles.